The molecule has 0 spiro atoms. The number of hydrogen-bond acceptors (Lipinski definition) is 4. The van der Waals surface area contributed by atoms with Crippen LogP contribution in [0.15, 0.2) is 21.6 Å². The van der Waals surface area contributed by atoms with Crippen LogP contribution in [0.25, 0.3) is 5.57 Å². The summed E-state index contributed by atoms with van der Waals surface area (Å²) < 4.78 is 1.29. The lowest BCUT2D eigenvalue weighted by Gasteiger charge is -1.97. The highest BCUT2D eigenvalue weighted by Gasteiger charge is 2.24. The van der Waals surface area contributed by atoms with Crippen LogP contribution in [0.2, 0.25) is 0 Å². The lowest BCUT2D eigenvalue weighted by Crippen LogP contribution is -2.26. The summed E-state index contributed by atoms with van der Waals surface area (Å²) in [5, 5.41) is 11.2. The van der Waals surface area contributed by atoms with Crippen molar-refractivity contribution >= 4 is 51.0 Å². The van der Waals surface area contributed by atoms with E-state index in [1.807, 2.05) is 19.1 Å². The van der Waals surface area contributed by atoms with Crippen LogP contribution in [0.5, 0.6) is 5.88 Å². The number of amides is 1. The molecule has 2 heterocycles. The number of nitrogens with one attached hydrogen (secondary N) is 1. The number of H-pyrrole nitrogens is 1. The van der Waals surface area contributed by atoms with E-state index in [0.29, 0.717) is 19.8 Å². The van der Waals surface area contributed by atoms with Crippen molar-refractivity contribution in [3.8, 4) is 5.88 Å². The molecule has 1 aromatic carbocycles. The van der Waals surface area contributed by atoms with Crippen molar-refractivity contribution in [1.29, 1.82) is 0 Å². The predicted molar refractivity (Wildman–Crippen MR) is 78.3 cm³/mol. The summed E-state index contributed by atoms with van der Waals surface area (Å²) in [5.41, 5.74) is 1.31. The number of halogens is 1. The fourth-order valence-electron chi connectivity index (χ4n) is 2.06. The molecule has 1 amide bonds. The largest absolute Gasteiger partial charge is 0.494 e. The molecule has 19 heavy (non-hydrogen) atoms. The van der Waals surface area contributed by atoms with Gasteiger partial charge in [0.2, 0.25) is 5.88 Å². The van der Waals surface area contributed by atoms with Crippen molar-refractivity contribution in [1.82, 2.24) is 4.98 Å². The minimum Gasteiger partial charge on any atom is -0.494 e. The Morgan fingerprint density at radius 3 is 2.84 bits per heavy atom. The molecule has 96 valence electrons. The summed E-state index contributed by atoms with van der Waals surface area (Å²) in [6, 6.07) is 3.73. The number of carbonyl (C=O) groups is 1. The second-order valence-corrected chi connectivity index (χ2v) is 6.71. The second kappa shape index (κ2) is 4.36. The van der Waals surface area contributed by atoms with E-state index >= 15 is 0 Å². The normalized spacial score (nSPS) is 13.6. The van der Waals surface area contributed by atoms with Gasteiger partial charge in [0.05, 0.1) is 10.9 Å². The van der Waals surface area contributed by atoms with Gasteiger partial charge in [0.15, 0.2) is 3.95 Å². The molecular weight excluding hydrogens is 348 g/mol. The van der Waals surface area contributed by atoms with Gasteiger partial charge in [-0.25, -0.2) is 4.99 Å². The van der Waals surface area contributed by atoms with Crippen molar-refractivity contribution in [2.45, 2.75) is 6.92 Å². The van der Waals surface area contributed by atoms with E-state index in [0.717, 1.165) is 15.3 Å². The van der Waals surface area contributed by atoms with E-state index in [1.165, 1.54) is 11.3 Å². The number of fused-ring (bicyclic) bond motifs is 1. The number of thiazole rings is 1. The summed E-state index contributed by atoms with van der Waals surface area (Å²) in [4.78, 5) is 19.2. The highest BCUT2D eigenvalue weighted by molar-refractivity contribution is 9.10. The molecule has 2 N–H and O–H groups in total. The predicted octanol–water partition coefficient (Wildman–Crippen LogP) is 1.94. The average molecular weight is 355 g/mol. The maximum atomic E-state index is 12.1. The number of hydrogen-bond donors (Lipinski definition) is 2. The average Bonchev–Trinajstić information content (AvgIpc) is 2.78. The van der Waals surface area contributed by atoms with Gasteiger partial charge in [0, 0.05) is 9.69 Å². The van der Waals surface area contributed by atoms with Gasteiger partial charge in [0.1, 0.15) is 4.88 Å². The Morgan fingerprint density at radius 2 is 2.21 bits per heavy atom. The smallest absolute Gasteiger partial charge is 0.279 e. The molecule has 0 saturated carbocycles. The number of aromatic hydroxyl groups is 1. The molecule has 1 aliphatic rings. The Hall–Kier alpha value is -1.31. The highest BCUT2D eigenvalue weighted by atomic mass is 79.9. The van der Waals surface area contributed by atoms with Gasteiger partial charge in [-0.2, -0.15) is 0 Å². The van der Waals surface area contributed by atoms with Gasteiger partial charge >= 0.3 is 0 Å². The Bertz CT molecular complexity index is 895. The van der Waals surface area contributed by atoms with Crippen LogP contribution < -0.4 is 10.6 Å². The number of rotatable bonds is 1. The molecule has 2 aromatic rings. The molecule has 0 aliphatic carbocycles. The first kappa shape index (κ1) is 12.7. The molecule has 0 bridgehead atoms. The molecule has 0 saturated heterocycles. The third kappa shape index (κ3) is 1.98. The van der Waals surface area contributed by atoms with Crippen molar-refractivity contribution in [2.75, 3.05) is 0 Å². The van der Waals surface area contributed by atoms with Crippen LogP contribution in [0.1, 0.15) is 10.4 Å². The van der Waals surface area contributed by atoms with Crippen molar-refractivity contribution in [2.24, 2.45) is 4.99 Å². The first-order valence-electron chi connectivity index (χ1n) is 5.33. The summed E-state index contributed by atoms with van der Waals surface area (Å²) in [6.07, 6.45) is 0. The first-order valence-corrected chi connectivity index (χ1v) is 7.35. The Morgan fingerprint density at radius 1 is 1.47 bits per heavy atom. The second-order valence-electron chi connectivity index (χ2n) is 4.10. The molecule has 0 fully saturated rings. The monoisotopic (exact) mass is 354 g/mol. The molecule has 1 aromatic heterocycles. The first-order chi connectivity index (χ1) is 8.97. The van der Waals surface area contributed by atoms with Crippen molar-refractivity contribution in [3.05, 3.63) is 41.6 Å². The van der Waals surface area contributed by atoms with Gasteiger partial charge in [-0.15, -0.1) is 11.3 Å². The van der Waals surface area contributed by atoms with Crippen LogP contribution >= 0.6 is 39.5 Å². The van der Waals surface area contributed by atoms with E-state index in [1.54, 1.807) is 0 Å². The Kier molecular flexibility index (Phi) is 2.92. The highest BCUT2D eigenvalue weighted by Crippen LogP contribution is 2.29. The van der Waals surface area contributed by atoms with Crippen molar-refractivity contribution in [3.63, 3.8) is 0 Å². The van der Waals surface area contributed by atoms with Crippen LogP contribution in [-0.4, -0.2) is 16.0 Å². The zero-order chi connectivity index (χ0) is 13.7. The summed E-state index contributed by atoms with van der Waals surface area (Å²) in [6.45, 7) is 1.89. The maximum absolute atomic E-state index is 12.1. The van der Waals surface area contributed by atoms with E-state index in [-0.39, 0.29) is 11.8 Å². The molecule has 3 rings (SSSR count). The maximum Gasteiger partial charge on any atom is 0.279 e. The Balaban J connectivity index is 2.49. The van der Waals surface area contributed by atoms with Crippen LogP contribution in [0.3, 0.4) is 0 Å². The lowest BCUT2D eigenvalue weighted by molar-refractivity contribution is -0.112. The molecule has 0 atom stereocenters. The summed E-state index contributed by atoms with van der Waals surface area (Å²) >= 11 is 9.56. The fourth-order valence-corrected chi connectivity index (χ4v) is 3.76. The van der Waals surface area contributed by atoms with Crippen LogP contribution in [-0.2, 0) is 4.79 Å². The topological polar surface area (TPSA) is 65.5 Å². The zero-order valence-electron chi connectivity index (χ0n) is 9.65. The molecule has 7 heteroatoms. The number of aromatic amines is 1. The third-order valence-electron chi connectivity index (χ3n) is 2.82. The van der Waals surface area contributed by atoms with Crippen LogP contribution in [0, 0.1) is 10.9 Å². The van der Waals surface area contributed by atoms with Gasteiger partial charge in [-0.3, -0.25) is 4.79 Å². The lowest BCUT2D eigenvalue weighted by atomic mass is 10.1. The number of aryl methyl sites for hydroxylation is 1. The van der Waals surface area contributed by atoms with E-state index < -0.39 is 0 Å². The standard InChI is InChI=1S/C12H7BrN2O2S2/c1-4-2-5(13)3-6-7(10(16)14-8(4)6)9-11(17)15-12(18)19-9/h2-3,17H,1H3,(H,15,18). The van der Waals surface area contributed by atoms with Gasteiger partial charge in [-0.05, 0) is 36.8 Å². The van der Waals surface area contributed by atoms with E-state index in [2.05, 4.69) is 25.9 Å². The van der Waals surface area contributed by atoms with Gasteiger partial charge in [-0.1, -0.05) is 15.9 Å². The summed E-state index contributed by atoms with van der Waals surface area (Å²) in [7, 11) is 0. The van der Waals surface area contributed by atoms with Crippen LogP contribution in [0.4, 0.5) is 0 Å². The third-order valence-corrected chi connectivity index (χ3v) is 4.52. The molecular formula is C12H7BrN2O2S2. The quantitative estimate of drug-likeness (QED) is 0.769. The fraction of sp³-hybridized carbons (Fsp3) is 0.0833. The SMILES string of the molecule is Cc1cc(Br)cc2c1=NC(=O)C=2c1sc(=S)[nH]c1O. The minimum absolute atomic E-state index is 0.0842. The molecule has 0 unspecified atom stereocenters. The van der Waals surface area contributed by atoms with Gasteiger partial charge in [0.25, 0.3) is 5.91 Å². The number of carbonyl (C=O) groups excluding carboxylic acids is 1. The number of nitrogens with zero attached hydrogens (tertiary/aromatic N) is 1. The Labute approximate surface area is 125 Å². The molecule has 4 nitrogen and oxygen atoms in total. The van der Waals surface area contributed by atoms with E-state index in [9.17, 15) is 9.90 Å². The number of benzene rings is 1. The number of aromatic nitrogens is 1. The zero-order valence-corrected chi connectivity index (χ0v) is 12.9. The molecule has 0 radical (unpaired) electrons. The minimum atomic E-state index is -0.350. The molecule has 1 aliphatic heterocycles. The van der Waals surface area contributed by atoms with Gasteiger partial charge < -0.3 is 10.1 Å². The van der Waals surface area contributed by atoms with E-state index in [4.69, 9.17) is 12.2 Å². The van der Waals surface area contributed by atoms with Crippen molar-refractivity contribution < 1.29 is 9.90 Å². The summed E-state index contributed by atoms with van der Waals surface area (Å²) in [5.74, 6) is -0.434.